The van der Waals surface area contributed by atoms with E-state index in [1.165, 1.54) is 12.3 Å². The highest BCUT2D eigenvalue weighted by atomic mass is 127. The number of aromatic hydroxyl groups is 2. The summed E-state index contributed by atoms with van der Waals surface area (Å²) in [6.45, 7) is 0. The number of amides is 1. The normalized spacial score (nSPS) is 10.9. The van der Waals surface area contributed by atoms with Crippen molar-refractivity contribution in [3.05, 3.63) is 53.1 Å². The number of nitrogens with one attached hydrogen (secondary N) is 1. The van der Waals surface area contributed by atoms with Crippen LogP contribution in [0.4, 0.5) is 0 Å². The molecule has 0 aliphatic heterocycles. The van der Waals surface area contributed by atoms with Gasteiger partial charge in [0.25, 0.3) is 5.91 Å². The number of halogens is 3. The number of phenols is 2. The van der Waals surface area contributed by atoms with Crippen LogP contribution in [0.15, 0.2) is 39.9 Å². The lowest BCUT2D eigenvalue weighted by atomic mass is 10.2. The molecule has 0 aromatic heterocycles. The third kappa shape index (κ3) is 4.32. The maximum Gasteiger partial charge on any atom is 0.271 e. The first-order valence-electron chi connectivity index (χ1n) is 5.88. The van der Waals surface area contributed by atoms with Crippen LogP contribution in [-0.2, 0) is 0 Å². The van der Waals surface area contributed by atoms with Crippen LogP contribution in [0.5, 0.6) is 11.5 Å². The number of rotatable bonds is 3. The Morgan fingerprint density at radius 1 is 1.18 bits per heavy atom. The maximum absolute atomic E-state index is 11.9. The molecule has 2 aromatic rings. The van der Waals surface area contributed by atoms with E-state index in [1.807, 2.05) is 45.2 Å². The Kier molecular flexibility index (Phi) is 6.03. The first-order chi connectivity index (χ1) is 10.4. The van der Waals surface area contributed by atoms with E-state index >= 15 is 0 Å². The highest BCUT2D eigenvalue weighted by Crippen LogP contribution is 2.29. The van der Waals surface area contributed by atoms with Crippen LogP contribution in [0.25, 0.3) is 0 Å². The first-order valence-corrected chi connectivity index (χ1v) is 8.83. The Morgan fingerprint density at radius 3 is 2.55 bits per heavy atom. The van der Waals surface area contributed by atoms with E-state index in [-0.39, 0.29) is 11.5 Å². The number of hydrazone groups is 1. The molecule has 1 amide bonds. The van der Waals surface area contributed by atoms with Crippen molar-refractivity contribution in [2.24, 2.45) is 5.10 Å². The Labute approximate surface area is 162 Å². The summed E-state index contributed by atoms with van der Waals surface area (Å²) in [5.41, 5.74) is 3.42. The van der Waals surface area contributed by atoms with E-state index in [0.29, 0.717) is 17.2 Å². The van der Waals surface area contributed by atoms with Gasteiger partial charge in [-0.1, -0.05) is 0 Å². The summed E-state index contributed by atoms with van der Waals surface area (Å²) in [7, 11) is 0. The fourth-order valence-corrected chi connectivity index (χ4v) is 3.38. The van der Waals surface area contributed by atoms with Crippen LogP contribution >= 0.6 is 61.1 Å². The van der Waals surface area contributed by atoms with Crippen molar-refractivity contribution in [3.63, 3.8) is 0 Å². The van der Waals surface area contributed by atoms with Gasteiger partial charge in [-0.3, -0.25) is 4.79 Å². The number of carbonyl (C=O) groups is 1. The minimum Gasteiger partial charge on any atom is -0.507 e. The third-order valence-corrected chi connectivity index (χ3v) is 4.97. The SMILES string of the molecule is O=C(N/N=C\c1cc(Br)c(O)c(I)c1)c1ccc(I)c(O)c1. The average molecular weight is 587 g/mol. The van der Waals surface area contributed by atoms with Gasteiger partial charge in [0.1, 0.15) is 11.5 Å². The van der Waals surface area contributed by atoms with Crippen molar-refractivity contribution in [2.45, 2.75) is 0 Å². The number of hydrogen-bond acceptors (Lipinski definition) is 4. The second-order valence-electron chi connectivity index (χ2n) is 4.20. The van der Waals surface area contributed by atoms with Gasteiger partial charge in [-0.15, -0.1) is 0 Å². The zero-order chi connectivity index (χ0) is 16.3. The molecule has 0 fully saturated rings. The summed E-state index contributed by atoms with van der Waals surface area (Å²) in [5, 5.41) is 23.1. The van der Waals surface area contributed by atoms with Gasteiger partial charge in [-0.05, 0) is 97.0 Å². The molecule has 0 unspecified atom stereocenters. The summed E-state index contributed by atoms with van der Waals surface area (Å²) in [6.07, 6.45) is 1.47. The molecule has 0 aliphatic rings. The van der Waals surface area contributed by atoms with Crippen molar-refractivity contribution >= 4 is 73.2 Å². The van der Waals surface area contributed by atoms with Gasteiger partial charge in [0.05, 0.1) is 17.8 Å². The van der Waals surface area contributed by atoms with Crippen LogP contribution < -0.4 is 5.43 Å². The zero-order valence-electron chi connectivity index (χ0n) is 10.8. The lowest BCUT2D eigenvalue weighted by molar-refractivity contribution is 0.0954. The molecule has 0 saturated carbocycles. The van der Waals surface area contributed by atoms with Crippen LogP contribution in [0.3, 0.4) is 0 Å². The summed E-state index contributed by atoms with van der Waals surface area (Å²) >= 11 is 7.21. The zero-order valence-corrected chi connectivity index (χ0v) is 16.7. The number of hydrogen-bond donors (Lipinski definition) is 3. The molecule has 2 rings (SSSR count). The molecule has 0 bridgehead atoms. The Hall–Kier alpha value is -0.880. The minimum absolute atomic E-state index is 0.0502. The van der Waals surface area contributed by atoms with Crippen molar-refractivity contribution in [1.29, 1.82) is 0 Å². The van der Waals surface area contributed by atoms with Gasteiger partial charge in [0.15, 0.2) is 0 Å². The van der Waals surface area contributed by atoms with Gasteiger partial charge in [0, 0.05) is 5.56 Å². The quantitative estimate of drug-likeness (QED) is 0.291. The molecule has 2 aromatic carbocycles. The van der Waals surface area contributed by atoms with Crippen LogP contribution in [0, 0.1) is 7.14 Å². The Bertz CT molecular complexity index is 743. The maximum atomic E-state index is 11.9. The van der Waals surface area contributed by atoms with Gasteiger partial charge >= 0.3 is 0 Å². The summed E-state index contributed by atoms with van der Waals surface area (Å²) in [5.74, 6) is -0.208. The number of phenolic OH excluding ortho intramolecular Hbond substituents is 2. The van der Waals surface area contributed by atoms with E-state index in [9.17, 15) is 15.0 Å². The smallest absolute Gasteiger partial charge is 0.271 e. The Morgan fingerprint density at radius 2 is 1.91 bits per heavy atom. The van der Waals surface area contributed by atoms with Gasteiger partial charge in [-0.25, -0.2) is 5.43 Å². The predicted octanol–water partition coefficient (Wildman–Crippen LogP) is 3.83. The molecular formula is C14H9BrI2N2O3. The topological polar surface area (TPSA) is 81.9 Å². The monoisotopic (exact) mass is 586 g/mol. The Balaban J connectivity index is 2.09. The van der Waals surface area contributed by atoms with Gasteiger partial charge in [-0.2, -0.15) is 5.10 Å². The van der Waals surface area contributed by atoms with Crippen molar-refractivity contribution in [3.8, 4) is 11.5 Å². The fourth-order valence-electron chi connectivity index (χ4n) is 1.54. The molecule has 5 nitrogen and oxygen atoms in total. The summed E-state index contributed by atoms with van der Waals surface area (Å²) < 4.78 is 1.89. The summed E-state index contributed by atoms with van der Waals surface area (Å²) in [4.78, 5) is 11.9. The van der Waals surface area contributed by atoms with E-state index in [4.69, 9.17) is 0 Å². The molecular weight excluding hydrogens is 578 g/mol. The largest absolute Gasteiger partial charge is 0.507 e. The van der Waals surface area contributed by atoms with Crippen LogP contribution in [0.2, 0.25) is 0 Å². The molecule has 0 aliphatic carbocycles. The molecule has 0 spiro atoms. The fraction of sp³-hybridized carbons (Fsp3) is 0. The number of carbonyl (C=O) groups excluding carboxylic acids is 1. The van der Waals surface area contributed by atoms with E-state index in [0.717, 1.165) is 5.56 Å². The van der Waals surface area contributed by atoms with Gasteiger partial charge in [0.2, 0.25) is 0 Å². The average Bonchev–Trinajstić information content (AvgIpc) is 2.47. The number of benzene rings is 2. The molecule has 0 atom stereocenters. The lowest BCUT2D eigenvalue weighted by Crippen LogP contribution is -2.17. The second-order valence-corrected chi connectivity index (χ2v) is 7.38. The van der Waals surface area contributed by atoms with E-state index in [2.05, 4.69) is 26.5 Å². The van der Waals surface area contributed by atoms with Gasteiger partial charge < -0.3 is 10.2 Å². The molecule has 22 heavy (non-hydrogen) atoms. The number of nitrogens with zero attached hydrogens (tertiary/aromatic N) is 1. The highest BCUT2D eigenvalue weighted by molar-refractivity contribution is 14.1. The minimum atomic E-state index is -0.421. The van der Waals surface area contributed by atoms with Crippen molar-refractivity contribution in [2.75, 3.05) is 0 Å². The first kappa shape index (κ1) is 17.5. The molecule has 0 heterocycles. The molecule has 114 valence electrons. The lowest BCUT2D eigenvalue weighted by Gasteiger charge is -2.03. The summed E-state index contributed by atoms with van der Waals surface area (Å²) in [6, 6.07) is 8.05. The van der Waals surface area contributed by atoms with Crippen LogP contribution in [-0.4, -0.2) is 22.3 Å². The predicted molar refractivity (Wildman–Crippen MR) is 104 cm³/mol. The van der Waals surface area contributed by atoms with E-state index in [1.54, 1.807) is 24.3 Å². The second kappa shape index (κ2) is 7.59. The van der Waals surface area contributed by atoms with Crippen molar-refractivity contribution < 1.29 is 15.0 Å². The molecule has 8 heteroatoms. The molecule has 0 saturated heterocycles. The third-order valence-electron chi connectivity index (χ3n) is 2.63. The highest BCUT2D eigenvalue weighted by Gasteiger charge is 2.07. The van der Waals surface area contributed by atoms with Crippen molar-refractivity contribution in [1.82, 2.24) is 5.43 Å². The standard InChI is InChI=1S/C14H9BrI2N2O3/c15-9-3-7(4-11(17)13(9)21)6-18-19-14(22)8-1-2-10(16)12(20)5-8/h1-6,20-21H,(H,19,22)/b18-6-. The molecule has 3 N–H and O–H groups in total. The van der Waals surface area contributed by atoms with Crippen LogP contribution in [0.1, 0.15) is 15.9 Å². The van der Waals surface area contributed by atoms with E-state index < -0.39 is 5.91 Å². The molecule has 0 radical (unpaired) electrons.